The van der Waals surface area contributed by atoms with Crippen molar-refractivity contribution < 1.29 is 4.74 Å². The number of halogens is 1. The minimum atomic E-state index is 0.00696. The first-order valence-corrected chi connectivity index (χ1v) is 7.23. The maximum Gasteiger partial charge on any atom is 0.222 e. The van der Waals surface area contributed by atoms with Crippen LogP contribution < -0.4 is 10.6 Å². The highest BCUT2D eigenvalue weighted by Gasteiger charge is 2.23. The molecule has 2 N–H and O–H groups in total. The zero-order chi connectivity index (χ0) is 14.8. The van der Waals surface area contributed by atoms with Crippen molar-refractivity contribution in [1.29, 1.82) is 0 Å². The molecule has 2 heterocycles. The van der Waals surface area contributed by atoms with Crippen LogP contribution in [0.5, 0.6) is 0 Å². The summed E-state index contributed by atoms with van der Waals surface area (Å²) in [5, 5.41) is 0.727. The average Bonchev–Trinajstić information content (AvgIpc) is 2.47. The third kappa shape index (κ3) is 3.25. The number of nitrogen functional groups attached to an aromatic ring is 1. The van der Waals surface area contributed by atoms with Crippen molar-refractivity contribution >= 4 is 23.4 Å². The predicted molar refractivity (Wildman–Crippen MR) is 83.5 cm³/mol. The number of morpholine rings is 1. The van der Waals surface area contributed by atoms with Crippen molar-refractivity contribution in [1.82, 2.24) is 9.97 Å². The molecule has 1 unspecified atom stereocenters. The molecule has 110 valence electrons. The Kier molecular flexibility index (Phi) is 3.94. The number of aromatic nitrogens is 2. The maximum absolute atomic E-state index is 5.93. The summed E-state index contributed by atoms with van der Waals surface area (Å²) in [6, 6.07) is 9.70. The molecule has 1 aromatic heterocycles. The molecule has 0 bridgehead atoms. The average molecular weight is 305 g/mol. The Hall–Kier alpha value is -1.85. The Morgan fingerprint density at radius 3 is 2.76 bits per heavy atom. The number of benzene rings is 1. The number of anilines is 2. The lowest BCUT2D eigenvalue weighted by Gasteiger charge is -2.34. The fourth-order valence-electron chi connectivity index (χ4n) is 2.47. The molecule has 1 aromatic carbocycles. The van der Waals surface area contributed by atoms with Crippen molar-refractivity contribution in [2.75, 3.05) is 30.3 Å². The van der Waals surface area contributed by atoms with Crippen molar-refractivity contribution in [3.63, 3.8) is 0 Å². The number of ether oxygens (including phenoxy) is 1. The van der Waals surface area contributed by atoms with Crippen LogP contribution in [-0.2, 0) is 4.74 Å². The zero-order valence-corrected chi connectivity index (χ0v) is 12.5. The van der Waals surface area contributed by atoms with E-state index in [9.17, 15) is 0 Å². The second-order valence-electron chi connectivity index (χ2n) is 5.08. The quantitative estimate of drug-likeness (QED) is 0.924. The molecule has 21 heavy (non-hydrogen) atoms. The van der Waals surface area contributed by atoms with E-state index < -0.39 is 0 Å². The van der Waals surface area contributed by atoms with Gasteiger partial charge in [-0.1, -0.05) is 23.7 Å². The van der Waals surface area contributed by atoms with Crippen LogP contribution in [0.25, 0.3) is 0 Å². The minimum absolute atomic E-state index is 0.00696. The first-order chi connectivity index (χ1) is 10.1. The van der Waals surface area contributed by atoms with Gasteiger partial charge in [0.15, 0.2) is 0 Å². The van der Waals surface area contributed by atoms with Crippen LogP contribution >= 0.6 is 11.6 Å². The predicted octanol–water partition coefficient (Wildman–Crippen LogP) is 2.60. The summed E-state index contributed by atoms with van der Waals surface area (Å²) in [4.78, 5) is 10.6. The Morgan fingerprint density at radius 1 is 1.29 bits per heavy atom. The van der Waals surface area contributed by atoms with Gasteiger partial charge in [-0.2, -0.15) is 4.98 Å². The molecule has 1 aliphatic heterocycles. The van der Waals surface area contributed by atoms with Gasteiger partial charge >= 0.3 is 0 Å². The van der Waals surface area contributed by atoms with Gasteiger partial charge in [-0.25, -0.2) is 4.98 Å². The van der Waals surface area contributed by atoms with E-state index in [0.717, 1.165) is 35.2 Å². The first-order valence-electron chi connectivity index (χ1n) is 6.85. The van der Waals surface area contributed by atoms with Crippen molar-refractivity contribution in [2.24, 2.45) is 0 Å². The summed E-state index contributed by atoms with van der Waals surface area (Å²) in [6.07, 6.45) is 0.00696. The van der Waals surface area contributed by atoms with Crippen LogP contribution in [0, 0.1) is 6.92 Å². The third-order valence-corrected chi connectivity index (χ3v) is 3.74. The molecule has 0 saturated carbocycles. The van der Waals surface area contributed by atoms with Crippen LogP contribution in [-0.4, -0.2) is 29.7 Å². The van der Waals surface area contributed by atoms with Gasteiger partial charge in [0, 0.05) is 29.9 Å². The van der Waals surface area contributed by atoms with Gasteiger partial charge in [0.05, 0.1) is 6.61 Å². The number of aryl methyl sites for hydroxylation is 1. The zero-order valence-electron chi connectivity index (χ0n) is 11.8. The summed E-state index contributed by atoms with van der Waals surface area (Å²) in [7, 11) is 0. The van der Waals surface area contributed by atoms with E-state index in [1.54, 1.807) is 0 Å². The molecule has 2 aromatic rings. The van der Waals surface area contributed by atoms with E-state index in [1.807, 2.05) is 37.3 Å². The van der Waals surface area contributed by atoms with Gasteiger partial charge in [0.25, 0.3) is 0 Å². The molecule has 1 saturated heterocycles. The number of nitrogens with zero attached hydrogens (tertiary/aromatic N) is 3. The highest BCUT2D eigenvalue weighted by molar-refractivity contribution is 6.30. The molecule has 0 aliphatic carbocycles. The van der Waals surface area contributed by atoms with Crippen molar-refractivity contribution in [3.05, 3.63) is 46.6 Å². The normalized spacial score (nSPS) is 18.8. The fraction of sp³-hybridized carbons (Fsp3) is 0.333. The van der Waals surface area contributed by atoms with Crippen LogP contribution in [0.15, 0.2) is 30.3 Å². The smallest absolute Gasteiger partial charge is 0.222 e. The monoisotopic (exact) mass is 304 g/mol. The number of rotatable bonds is 2. The van der Waals surface area contributed by atoms with Crippen LogP contribution in [0.3, 0.4) is 0 Å². The molecule has 0 spiro atoms. The van der Waals surface area contributed by atoms with Crippen molar-refractivity contribution in [3.8, 4) is 0 Å². The summed E-state index contributed by atoms with van der Waals surface area (Å²) < 4.78 is 5.86. The minimum Gasteiger partial charge on any atom is -0.370 e. The Balaban J connectivity index is 1.80. The largest absolute Gasteiger partial charge is 0.370 e. The third-order valence-electron chi connectivity index (χ3n) is 3.49. The lowest BCUT2D eigenvalue weighted by atomic mass is 10.1. The molecule has 0 amide bonds. The standard InChI is InChI=1S/C15H17ClN4O/c1-10-8-14(19-15(17)18-10)20-6-7-21-13(9-20)11-2-4-12(16)5-3-11/h2-5,8,13H,6-7,9H2,1H3,(H2,17,18,19). The molecule has 3 rings (SSSR count). The molecule has 1 aliphatic rings. The number of nitrogens with two attached hydrogens (primary N) is 1. The molecule has 5 nitrogen and oxygen atoms in total. The highest BCUT2D eigenvalue weighted by Crippen LogP contribution is 2.26. The summed E-state index contributed by atoms with van der Waals surface area (Å²) in [5.74, 6) is 1.15. The van der Waals surface area contributed by atoms with E-state index in [0.29, 0.717) is 12.6 Å². The molecule has 1 atom stereocenters. The van der Waals surface area contributed by atoms with Gasteiger partial charge in [0.2, 0.25) is 5.95 Å². The van der Waals surface area contributed by atoms with E-state index in [-0.39, 0.29) is 6.10 Å². The fourth-order valence-corrected chi connectivity index (χ4v) is 2.60. The topological polar surface area (TPSA) is 64.3 Å². The van der Waals surface area contributed by atoms with Gasteiger partial charge in [-0.15, -0.1) is 0 Å². The molecule has 0 radical (unpaired) electrons. The van der Waals surface area contributed by atoms with Gasteiger partial charge in [0.1, 0.15) is 11.9 Å². The van der Waals surface area contributed by atoms with E-state index in [1.165, 1.54) is 0 Å². The summed E-state index contributed by atoms with van der Waals surface area (Å²) in [5.41, 5.74) is 7.72. The van der Waals surface area contributed by atoms with E-state index in [2.05, 4.69) is 14.9 Å². The van der Waals surface area contributed by atoms with Crippen LogP contribution in [0.1, 0.15) is 17.4 Å². The lowest BCUT2D eigenvalue weighted by molar-refractivity contribution is 0.0395. The maximum atomic E-state index is 5.93. The van der Waals surface area contributed by atoms with E-state index >= 15 is 0 Å². The van der Waals surface area contributed by atoms with E-state index in [4.69, 9.17) is 22.1 Å². The number of hydrogen-bond acceptors (Lipinski definition) is 5. The first kappa shape index (κ1) is 14.1. The van der Waals surface area contributed by atoms with Crippen molar-refractivity contribution in [2.45, 2.75) is 13.0 Å². The Bertz CT molecular complexity index is 612. The molecule has 1 fully saturated rings. The molecule has 6 heteroatoms. The van der Waals surface area contributed by atoms with Gasteiger partial charge < -0.3 is 15.4 Å². The second kappa shape index (κ2) is 5.87. The second-order valence-corrected chi connectivity index (χ2v) is 5.52. The summed E-state index contributed by atoms with van der Waals surface area (Å²) in [6.45, 7) is 4.09. The molecular weight excluding hydrogens is 288 g/mol. The van der Waals surface area contributed by atoms with Gasteiger partial charge in [-0.3, -0.25) is 0 Å². The van der Waals surface area contributed by atoms with Crippen LogP contribution in [0.4, 0.5) is 11.8 Å². The SMILES string of the molecule is Cc1cc(N2CCOC(c3ccc(Cl)cc3)C2)nc(N)n1. The van der Waals surface area contributed by atoms with Crippen LogP contribution in [0.2, 0.25) is 5.02 Å². The van der Waals surface area contributed by atoms with Gasteiger partial charge in [-0.05, 0) is 24.6 Å². The Morgan fingerprint density at radius 2 is 2.05 bits per heavy atom. The summed E-state index contributed by atoms with van der Waals surface area (Å²) >= 11 is 5.93. The highest BCUT2D eigenvalue weighted by atomic mass is 35.5. The Labute approximate surface area is 128 Å². The molecular formula is C15H17ClN4O. The lowest BCUT2D eigenvalue weighted by Crippen LogP contribution is -2.39. The number of hydrogen-bond donors (Lipinski definition) is 1.